The van der Waals surface area contributed by atoms with E-state index >= 15 is 0 Å². The van der Waals surface area contributed by atoms with Gasteiger partial charge in [0, 0.05) is 56.0 Å². The molecule has 7 rings (SSSR count). The third-order valence-corrected chi connectivity index (χ3v) is 10.1. The van der Waals surface area contributed by atoms with E-state index in [1.807, 2.05) is 38.1 Å². The monoisotopic (exact) mass is 704 g/mol. The minimum Gasteiger partial charge on any atom is -0.493 e. The molecule has 272 valence electrons. The Balaban J connectivity index is 0.000000514. The number of halogens is 2. The van der Waals surface area contributed by atoms with Gasteiger partial charge in [0.2, 0.25) is 0 Å². The Bertz CT molecular complexity index is 2120. The molecule has 0 saturated carbocycles. The molecule has 2 aliphatic rings. The number of hydrogen-bond acceptors (Lipinski definition) is 5. The number of aryl methyl sites for hydroxylation is 2. The molecule has 4 aromatic carbocycles. The van der Waals surface area contributed by atoms with Crippen molar-refractivity contribution in [2.45, 2.75) is 46.7 Å². The Morgan fingerprint density at radius 2 is 1.60 bits per heavy atom. The van der Waals surface area contributed by atoms with E-state index in [2.05, 4.69) is 76.4 Å². The van der Waals surface area contributed by atoms with Crippen LogP contribution in [0, 0.1) is 25.5 Å². The molecule has 52 heavy (non-hydrogen) atoms. The predicted octanol–water partition coefficient (Wildman–Crippen LogP) is 7.44. The normalized spacial score (nSPS) is 16.7. The highest BCUT2D eigenvalue weighted by molar-refractivity contribution is 5.69. The number of aromatic nitrogens is 1. The van der Waals surface area contributed by atoms with Crippen LogP contribution >= 0.6 is 0 Å². The van der Waals surface area contributed by atoms with Gasteiger partial charge in [0.05, 0.1) is 20.3 Å². The number of fused-ring (bicyclic) bond motifs is 1. The van der Waals surface area contributed by atoms with Crippen LogP contribution in [0.1, 0.15) is 53.4 Å². The van der Waals surface area contributed by atoms with E-state index < -0.39 is 0 Å². The molecule has 0 aliphatic carbocycles. The van der Waals surface area contributed by atoms with Gasteiger partial charge in [0.15, 0.2) is 11.5 Å². The minimum absolute atomic E-state index is 0.0678. The summed E-state index contributed by atoms with van der Waals surface area (Å²) in [4.78, 5) is 8.53. The van der Waals surface area contributed by atoms with Crippen molar-refractivity contribution in [2.24, 2.45) is 0 Å². The van der Waals surface area contributed by atoms with Crippen molar-refractivity contribution in [3.63, 3.8) is 0 Å². The highest BCUT2D eigenvalue weighted by Crippen LogP contribution is 2.35. The maximum absolute atomic E-state index is 14.3. The van der Waals surface area contributed by atoms with Crippen molar-refractivity contribution in [3.8, 4) is 22.6 Å². The van der Waals surface area contributed by atoms with E-state index in [9.17, 15) is 8.78 Å². The van der Waals surface area contributed by atoms with Crippen molar-refractivity contribution >= 4 is 17.8 Å². The molecule has 5 aromatic rings. The zero-order valence-corrected chi connectivity index (χ0v) is 31.2. The Labute approximate surface area is 306 Å². The van der Waals surface area contributed by atoms with Crippen LogP contribution in [0.3, 0.4) is 0 Å². The molecule has 1 saturated heterocycles. The molecule has 1 atom stereocenters. The Hall–Kier alpha value is -4.92. The quantitative estimate of drug-likeness (QED) is 0.185. The largest absolute Gasteiger partial charge is 0.493 e. The van der Waals surface area contributed by atoms with Crippen molar-refractivity contribution < 1.29 is 18.3 Å². The van der Waals surface area contributed by atoms with Gasteiger partial charge in [0.1, 0.15) is 11.6 Å². The van der Waals surface area contributed by atoms with Crippen LogP contribution in [0.4, 0.5) is 14.5 Å². The Morgan fingerprint density at radius 3 is 2.25 bits per heavy atom. The number of ether oxygens (including phenoxy) is 2. The molecular formula is C44H50F2N4O2. The lowest BCUT2D eigenvalue weighted by atomic mass is 9.91. The molecule has 3 heterocycles. The summed E-state index contributed by atoms with van der Waals surface area (Å²) in [5.74, 6) is 1.13. The average Bonchev–Trinajstić information content (AvgIpc) is 3.54. The second-order valence-corrected chi connectivity index (χ2v) is 13.6. The van der Waals surface area contributed by atoms with E-state index in [-0.39, 0.29) is 17.7 Å². The molecule has 0 radical (unpaired) electrons. The molecule has 1 fully saturated rings. The van der Waals surface area contributed by atoms with Crippen LogP contribution in [-0.4, -0.2) is 56.8 Å². The van der Waals surface area contributed by atoms with Crippen molar-refractivity contribution in [3.05, 3.63) is 135 Å². The number of rotatable bonds is 7. The highest BCUT2D eigenvalue weighted by atomic mass is 19.1. The van der Waals surface area contributed by atoms with Gasteiger partial charge in [-0.15, -0.1) is 0 Å². The number of hydrogen-bond donors (Lipinski definition) is 2. The van der Waals surface area contributed by atoms with Crippen molar-refractivity contribution in [1.29, 1.82) is 0 Å². The number of benzene rings is 4. The van der Waals surface area contributed by atoms with Crippen LogP contribution in [-0.2, 0) is 13.0 Å². The summed E-state index contributed by atoms with van der Waals surface area (Å²) in [7, 11) is 3.34. The highest BCUT2D eigenvalue weighted by Gasteiger charge is 2.26. The van der Waals surface area contributed by atoms with Crippen LogP contribution in [0.2, 0.25) is 0 Å². The number of methoxy groups -OCH3 is 2. The first-order valence-corrected chi connectivity index (χ1v) is 18.1. The van der Waals surface area contributed by atoms with E-state index in [4.69, 9.17) is 9.47 Å². The van der Waals surface area contributed by atoms with Crippen LogP contribution in [0.25, 0.3) is 23.3 Å². The molecule has 0 bridgehead atoms. The van der Waals surface area contributed by atoms with Crippen LogP contribution < -0.4 is 30.3 Å². The fraction of sp³-hybridized carbons (Fsp3) is 0.318. The molecular weight excluding hydrogens is 655 g/mol. The van der Waals surface area contributed by atoms with Gasteiger partial charge in [-0.05, 0) is 127 Å². The number of aromatic amines is 1. The molecule has 1 aromatic heterocycles. The summed E-state index contributed by atoms with van der Waals surface area (Å²) in [6.45, 7) is 13.2. The van der Waals surface area contributed by atoms with Crippen molar-refractivity contribution in [2.75, 3.05) is 51.8 Å². The smallest absolute Gasteiger partial charge is 0.161 e. The second-order valence-electron chi connectivity index (χ2n) is 13.6. The third-order valence-electron chi connectivity index (χ3n) is 10.1. The molecule has 6 nitrogen and oxygen atoms in total. The summed E-state index contributed by atoms with van der Waals surface area (Å²) >= 11 is 0. The number of anilines is 1. The van der Waals surface area contributed by atoms with Gasteiger partial charge < -0.3 is 24.7 Å². The van der Waals surface area contributed by atoms with Gasteiger partial charge >= 0.3 is 0 Å². The number of nitrogens with one attached hydrogen (secondary N) is 2. The maximum Gasteiger partial charge on any atom is 0.161 e. The Morgan fingerprint density at radius 1 is 0.808 bits per heavy atom. The zero-order chi connectivity index (χ0) is 36.8. The van der Waals surface area contributed by atoms with E-state index in [1.165, 1.54) is 45.1 Å². The standard InChI is InChI=1S/C37H43FN4O2.C7H7F/c1-6-30-31-12-13-39-36(37(31)40-33(30)7-2)28-19-25(18-27(20-28)26-9-11-34(43-4)35(21-26)44-5)23-41-14-16-42(17-15-41)29-10-8-24(3)32(38)22-29;1-6-3-2-4-7(8)5-6/h6-11,18-22,36,39-40H,12-17,23H2,1-5H3;2-5H,1H3/b30-6-,33-7+;. The SMILES string of the molecule is C/C=c1/c2c([nH]/c1=C/C)C(c1cc(CN3CCN(c4ccc(C)c(F)c4)CC3)cc(-c3ccc(OC)c(OC)c3)c1)NCC2.Cc1cccc(F)c1. The molecule has 0 amide bonds. The predicted molar refractivity (Wildman–Crippen MR) is 209 cm³/mol. The zero-order valence-electron chi connectivity index (χ0n) is 31.2. The summed E-state index contributed by atoms with van der Waals surface area (Å²) in [6, 6.07) is 25.3. The third kappa shape index (κ3) is 8.24. The number of H-pyrrole nitrogens is 1. The van der Waals surface area contributed by atoms with Crippen LogP contribution in [0.5, 0.6) is 11.5 Å². The lowest BCUT2D eigenvalue weighted by Gasteiger charge is -2.36. The Kier molecular flexibility index (Phi) is 11.8. The minimum atomic E-state index is -0.162. The molecule has 2 aliphatic heterocycles. The summed E-state index contributed by atoms with van der Waals surface area (Å²) in [6.07, 6.45) is 5.40. The van der Waals surface area contributed by atoms with Crippen molar-refractivity contribution in [1.82, 2.24) is 15.2 Å². The lowest BCUT2D eigenvalue weighted by molar-refractivity contribution is 0.249. The molecule has 2 N–H and O–H groups in total. The summed E-state index contributed by atoms with van der Waals surface area (Å²) in [5, 5.41) is 6.31. The van der Waals surface area contributed by atoms with E-state index in [0.717, 1.165) is 73.8 Å². The molecule has 8 heteroatoms. The van der Waals surface area contributed by atoms with Gasteiger partial charge in [0.25, 0.3) is 0 Å². The first-order valence-electron chi connectivity index (χ1n) is 18.1. The lowest BCUT2D eigenvalue weighted by Crippen LogP contribution is -2.46. The topological polar surface area (TPSA) is 52.8 Å². The molecule has 1 unspecified atom stereocenters. The maximum atomic E-state index is 14.3. The van der Waals surface area contributed by atoms with E-state index in [0.29, 0.717) is 11.3 Å². The van der Waals surface area contributed by atoms with Crippen LogP contribution in [0.15, 0.2) is 78.9 Å². The van der Waals surface area contributed by atoms with Gasteiger partial charge in [-0.1, -0.05) is 42.5 Å². The summed E-state index contributed by atoms with van der Waals surface area (Å²) < 4.78 is 37.6. The average molecular weight is 705 g/mol. The fourth-order valence-corrected chi connectivity index (χ4v) is 7.36. The molecule has 0 spiro atoms. The first-order chi connectivity index (χ1) is 25.2. The first kappa shape index (κ1) is 36.9. The number of nitrogens with zero attached hydrogens (tertiary/aromatic N) is 2. The summed E-state index contributed by atoms with van der Waals surface area (Å²) in [5.41, 5.74) is 10.0. The van der Waals surface area contributed by atoms with Gasteiger partial charge in [-0.3, -0.25) is 4.90 Å². The van der Waals surface area contributed by atoms with E-state index in [1.54, 1.807) is 26.4 Å². The van der Waals surface area contributed by atoms with Gasteiger partial charge in [-0.2, -0.15) is 0 Å². The number of piperazine rings is 1. The van der Waals surface area contributed by atoms with Gasteiger partial charge in [-0.25, -0.2) is 8.78 Å². The second kappa shape index (κ2) is 16.6. The fourth-order valence-electron chi connectivity index (χ4n) is 7.36.